The lowest BCUT2D eigenvalue weighted by atomic mass is 9.72. The Labute approximate surface area is 329 Å². The zero-order valence-corrected chi connectivity index (χ0v) is 32.5. The molecule has 6 fully saturated rings. The summed E-state index contributed by atoms with van der Waals surface area (Å²) in [5.74, 6) is -4.80. The van der Waals surface area contributed by atoms with Crippen molar-refractivity contribution in [2.45, 2.75) is 145 Å². The van der Waals surface area contributed by atoms with Gasteiger partial charge in [0, 0.05) is 38.2 Å². The zero-order chi connectivity index (χ0) is 40.8. The molecule has 5 saturated heterocycles. The monoisotopic (exact) mass is 804 g/mol. The molecule has 17 atom stereocenters. The van der Waals surface area contributed by atoms with Crippen LogP contribution in [0, 0.1) is 17.8 Å². The number of aliphatic hydroxyl groups is 3. The standard InChI is InChI=1S/C40H52O17/c1-19-17-48-40(16-28(19)54-29(43)14-11-24-9-7-6-8-10-24)39(18-49-39)26-13-12-25(15-27(26)57-40)36(47)56-38-35(34(53-23(5)42)31(45)21(3)51-38)55-37-32(46)33(52-22(4)41)30(44)20(2)50-37/h6-11,14,19-21,25-28,30-35,37-38,44-46H,12-13,15-18H2,1-5H3/b14-11-/t19-,20+,21-,25-,26-,27+,28+,30-,31+,32-,33-,34+,35+,37-,38+,39-,40-/m1/s1. The van der Waals surface area contributed by atoms with Crippen LogP contribution in [0.2, 0.25) is 0 Å². The van der Waals surface area contributed by atoms with E-state index in [1.165, 1.54) is 19.9 Å². The van der Waals surface area contributed by atoms with Crippen LogP contribution in [0.4, 0.5) is 0 Å². The number of benzene rings is 1. The number of epoxide rings is 1. The van der Waals surface area contributed by atoms with Crippen LogP contribution in [0.15, 0.2) is 36.4 Å². The minimum Gasteiger partial charge on any atom is -0.459 e. The summed E-state index contributed by atoms with van der Waals surface area (Å²) in [6, 6.07) is 9.42. The van der Waals surface area contributed by atoms with Gasteiger partial charge >= 0.3 is 23.9 Å². The average Bonchev–Trinajstić information content (AvgIpc) is 3.94. The first-order chi connectivity index (χ1) is 27.1. The van der Waals surface area contributed by atoms with E-state index in [1.54, 1.807) is 6.08 Å². The highest BCUT2D eigenvalue weighted by atomic mass is 16.8. The molecule has 57 heavy (non-hydrogen) atoms. The van der Waals surface area contributed by atoms with E-state index in [-0.39, 0.29) is 31.3 Å². The Morgan fingerprint density at radius 2 is 1.44 bits per heavy atom. The van der Waals surface area contributed by atoms with Crippen LogP contribution in [-0.2, 0) is 66.5 Å². The Hall–Kier alpha value is -3.52. The molecule has 7 rings (SSSR count). The third-order valence-corrected chi connectivity index (χ3v) is 12.0. The van der Waals surface area contributed by atoms with Crippen molar-refractivity contribution >= 4 is 30.0 Å². The molecule has 0 radical (unpaired) electrons. The summed E-state index contributed by atoms with van der Waals surface area (Å²) in [5, 5.41) is 32.7. The fourth-order valence-electron chi connectivity index (χ4n) is 8.85. The van der Waals surface area contributed by atoms with Crippen molar-refractivity contribution in [2.75, 3.05) is 13.2 Å². The average molecular weight is 805 g/mol. The normalized spacial score (nSPS) is 44.0. The first-order valence-corrected chi connectivity index (χ1v) is 19.6. The smallest absolute Gasteiger partial charge is 0.331 e. The van der Waals surface area contributed by atoms with E-state index in [9.17, 15) is 34.5 Å². The third-order valence-electron chi connectivity index (χ3n) is 12.0. The van der Waals surface area contributed by atoms with Gasteiger partial charge < -0.3 is 62.7 Å². The minimum atomic E-state index is -1.73. The lowest BCUT2D eigenvalue weighted by Gasteiger charge is -2.46. The SMILES string of the molecule is CC(=O)O[C@H]1[C@@H](O)[C@@H](O[C@@H]2[C@H](OC(=O)[C@@H]3CC[C@@H]4[C@H](C3)O[C@]3(C[C@H](OC(=O)/C=C\c5ccccc5)[C@H](C)CO3)[C@@]43CO3)O[C@H](C)[C@H](O)[C@@H]2OC(C)=O)O[C@@H](C)[C@H]1O. The molecule has 17 nitrogen and oxygen atoms in total. The van der Waals surface area contributed by atoms with Gasteiger partial charge in [-0.2, -0.15) is 0 Å². The van der Waals surface area contributed by atoms with E-state index < -0.39 is 115 Å². The molecule has 6 aliphatic rings. The van der Waals surface area contributed by atoms with Crippen molar-refractivity contribution in [1.29, 1.82) is 0 Å². The molecule has 0 unspecified atom stereocenters. The highest BCUT2D eigenvalue weighted by molar-refractivity contribution is 5.87. The van der Waals surface area contributed by atoms with Gasteiger partial charge in [0.25, 0.3) is 0 Å². The van der Waals surface area contributed by atoms with Gasteiger partial charge in [0.2, 0.25) is 12.1 Å². The van der Waals surface area contributed by atoms with Gasteiger partial charge in [0.05, 0.1) is 37.4 Å². The van der Waals surface area contributed by atoms with Crippen LogP contribution >= 0.6 is 0 Å². The van der Waals surface area contributed by atoms with E-state index in [1.807, 2.05) is 37.3 Å². The number of esters is 4. The first kappa shape index (κ1) is 41.6. The number of fused-ring (bicyclic) bond motifs is 3. The van der Waals surface area contributed by atoms with Crippen molar-refractivity contribution in [1.82, 2.24) is 0 Å². The summed E-state index contributed by atoms with van der Waals surface area (Å²) in [6.45, 7) is 7.81. The second-order valence-electron chi connectivity index (χ2n) is 16.0. The summed E-state index contributed by atoms with van der Waals surface area (Å²) in [4.78, 5) is 50.9. The summed E-state index contributed by atoms with van der Waals surface area (Å²) >= 11 is 0. The molecule has 1 aliphatic carbocycles. The van der Waals surface area contributed by atoms with Crippen LogP contribution in [0.1, 0.15) is 65.9 Å². The predicted molar refractivity (Wildman–Crippen MR) is 191 cm³/mol. The minimum absolute atomic E-state index is 0.109. The van der Waals surface area contributed by atoms with Crippen LogP contribution in [0.3, 0.4) is 0 Å². The van der Waals surface area contributed by atoms with Gasteiger partial charge in [-0.15, -0.1) is 0 Å². The Kier molecular flexibility index (Phi) is 12.1. The molecule has 0 amide bonds. The Morgan fingerprint density at radius 1 is 0.789 bits per heavy atom. The number of carbonyl (C=O) groups excluding carboxylic acids is 4. The summed E-state index contributed by atoms with van der Waals surface area (Å²) in [5.41, 5.74) is 0.102. The van der Waals surface area contributed by atoms with Crippen molar-refractivity contribution in [3.63, 3.8) is 0 Å². The van der Waals surface area contributed by atoms with E-state index in [0.717, 1.165) is 19.4 Å². The maximum Gasteiger partial charge on any atom is 0.331 e. The van der Waals surface area contributed by atoms with Crippen molar-refractivity contribution in [2.24, 2.45) is 17.8 Å². The van der Waals surface area contributed by atoms with Crippen molar-refractivity contribution < 1.29 is 81.9 Å². The third kappa shape index (κ3) is 8.36. The number of rotatable bonds is 9. The molecular formula is C40H52O17. The van der Waals surface area contributed by atoms with Crippen LogP contribution in [-0.4, -0.2) is 137 Å². The summed E-state index contributed by atoms with van der Waals surface area (Å²) < 4.78 is 59.4. The van der Waals surface area contributed by atoms with E-state index in [4.69, 9.17) is 47.4 Å². The Morgan fingerprint density at radius 3 is 2.11 bits per heavy atom. The molecule has 0 aromatic heterocycles. The largest absolute Gasteiger partial charge is 0.459 e. The molecule has 1 saturated carbocycles. The van der Waals surface area contributed by atoms with Gasteiger partial charge in [-0.05, 0) is 44.7 Å². The number of aliphatic hydroxyl groups excluding tert-OH is 3. The van der Waals surface area contributed by atoms with Crippen LogP contribution in [0.25, 0.3) is 6.08 Å². The fraction of sp³-hybridized carbons (Fsp3) is 0.700. The molecule has 0 bridgehead atoms. The molecule has 5 aliphatic heterocycles. The number of ether oxygens (including phenoxy) is 10. The lowest BCUT2D eigenvalue weighted by molar-refractivity contribution is -0.358. The van der Waals surface area contributed by atoms with Gasteiger partial charge in [0.1, 0.15) is 24.4 Å². The van der Waals surface area contributed by atoms with E-state index in [0.29, 0.717) is 19.4 Å². The van der Waals surface area contributed by atoms with Gasteiger partial charge in [0.15, 0.2) is 30.2 Å². The first-order valence-electron chi connectivity index (χ1n) is 19.6. The molecule has 1 aromatic carbocycles. The van der Waals surface area contributed by atoms with Gasteiger partial charge in [-0.3, -0.25) is 14.4 Å². The maximum atomic E-state index is 14.0. The second-order valence-corrected chi connectivity index (χ2v) is 16.0. The summed E-state index contributed by atoms with van der Waals surface area (Å²) in [7, 11) is 0. The van der Waals surface area contributed by atoms with Crippen LogP contribution < -0.4 is 0 Å². The summed E-state index contributed by atoms with van der Waals surface area (Å²) in [6.07, 6.45) is -10.6. The number of hydrogen-bond acceptors (Lipinski definition) is 17. The highest BCUT2D eigenvalue weighted by Crippen LogP contribution is 2.62. The van der Waals surface area contributed by atoms with E-state index >= 15 is 0 Å². The lowest BCUT2D eigenvalue weighted by Crippen LogP contribution is -2.64. The molecule has 17 heteroatoms. The predicted octanol–water partition coefficient (Wildman–Crippen LogP) is 1.31. The van der Waals surface area contributed by atoms with Gasteiger partial charge in [-0.1, -0.05) is 37.3 Å². The molecule has 2 spiro atoms. The quantitative estimate of drug-likeness (QED) is 0.139. The van der Waals surface area contributed by atoms with E-state index in [2.05, 4.69) is 0 Å². The maximum absolute atomic E-state index is 14.0. The molecule has 3 N–H and O–H groups in total. The van der Waals surface area contributed by atoms with Gasteiger partial charge in [-0.25, -0.2) is 4.79 Å². The van der Waals surface area contributed by atoms with Crippen LogP contribution in [0.5, 0.6) is 0 Å². The molecular weight excluding hydrogens is 752 g/mol. The molecule has 1 aromatic rings. The van der Waals surface area contributed by atoms with Crippen molar-refractivity contribution in [3.8, 4) is 0 Å². The van der Waals surface area contributed by atoms with Crippen molar-refractivity contribution in [3.05, 3.63) is 42.0 Å². The number of hydrogen-bond donors (Lipinski definition) is 3. The molecule has 5 heterocycles. The fourth-order valence-corrected chi connectivity index (χ4v) is 8.85. The molecule has 314 valence electrons. The Bertz CT molecular complexity index is 1670. The zero-order valence-electron chi connectivity index (χ0n) is 32.5. The second kappa shape index (κ2) is 16.6. The topological polar surface area (TPSA) is 225 Å². The highest BCUT2D eigenvalue weighted by Gasteiger charge is 2.76. The number of carbonyl (C=O) groups is 4. The Balaban J connectivity index is 1.04.